The van der Waals surface area contributed by atoms with Gasteiger partial charge in [-0.05, 0) is 55.9 Å². The van der Waals surface area contributed by atoms with Crippen molar-refractivity contribution in [3.8, 4) is 0 Å². The summed E-state index contributed by atoms with van der Waals surface area (Å²) >= 11 is 0. The van der Waals surface area contributed by atoms with Gasteiger partial charge in [-0.25, -0.2) is 0 Å². The van der Waals surface area contributed by atoms with E-state index in [1.807, 2.05) is 24.5 Å². The number of piperidine rings is 1. The summed E-state index contributed by atoms with van der Waals surface area (Å²) in [5, 5.41) is 8.50. The van der Waals surface area contributed by atoms with E-state index >= 15 is 0 Å². The van der Waals surface area contributed by atoms with Gasteiger partial charge in [0.1, 0.15) is 12.2 Å². The molecule has 0 bridgehead atoms. The molecule has 1 aromatic heterocycles. The van der Waals surface area contributed by atoms with Crippen LogP contribution in [0.1, 0.15) is 49.9 Å². The number of carbonyl (C=O) groups excluding carboxylic acids is 1. The zero-order chi connectivity index (χ0) is 18.3. The molecular weight excluding hydrogens is 336 g/mol. The third kappa shape index (κ3) is 3.40. The van der Waals surface area contributed by atoms with Crippen LogP contribution >= 0.6 is 0 Å². The Labute approximate surface area is 160 Å². The fourth-order valence-corrected chi connectivity index (χ4v) is 4.58. The van der Waals surface area contributed by atoms with Crippen LogP contribution in [-0.4, -0.2) is 38.7 Å². The lowest BCUT2D eigenvalue weighted by Crippen LogP contribution is -2.44. The van der Waals surface area contributed by atoms with Crippen LogP contribution in [-0.2, 0) is 23.2 Å². The van der Waals surface area contributed by atoms with E-state index in [0.717, 1.165) is 63.5 Å². The number of nitrogens with zero attached hydrogens (tertiary/aromatic N) is 4. The van der Waals surface area contributed by atoms with Crippen molar-refractivity contribution in [2.45, 2.75) is 56.9 Å². The summed E-state index contributed by atoms with van der Waals surface area (Å²) in [7, 11) is 0. The molecule has 0 N–H and O–H groups in total. The minimum absolute atomic E-state index is 0.224. The van der Waals surface area contributed by atoms with Crippen LogP contribution < -0.4 is 0 Å². The number of likely N-dealkylation sites (tertiary alicyclic amines) is 1. The average Bonchev–Trinajstić information content (AvgIpc) is 3.63. The molecule has 0 spiro atoms. The molecule has 2 heterocycles. The fourth-order valence-electron chi connectivity index (χ4n) is 4.58. The monoisotopic (exact) mass is 364 g/mol. The predicted octanol–water partition coefficient (Wildman–Crippen LogP) is 3.20. The van der Waals surface area contributed by atoms with E-state index in [0.29, 0.717) is 11.8 Å². The van der Waals surface area contributed by atoms with E-state index in [1.54, 1.807) is 0 Å². The van der Waals surface area contributed by atoms with E-state index in [4.69, 9.17) is 0 Å². The van der Waals surface area contributed by atoms with Crippen molar-refractivity contribution in [1.29, 1.82) is 0 Å². The van der Waals surface area contributed by atoms with E-state index in [2.05, 4.69) is 31.8 Å². The van der Waals surface area contributed by atoms with Crippen LogP contribution in [0.25, 0.3) is 0 Å². The van der Waals surface area contributed by atoms with Crippen LogP contribution in [0.15, 0.2) is 36.7 Å². The highest BCUT2D eigenvalue weighted by Crippen LogP contribution is 2.50. The molecule has 0 radical (unpaired) electrons. The highest BCUT2D eigenvalue weighted by Gasteiger charge is 2.53. The lowest BCUT2D eigenvalue weighted by Gasteiger charge is -2.34. The van der Waals surface area contributed by atoms with Crippen LogP contribution in [0.4, 0.5) is 0 Å². The standard InChI is InChI=1S/C22H28N4O/c27-21(22(10-11-22)19-4-2-1-3-5-19)25-12-8-17(9-13-25)14-20-24-23-16-26(20)15-18-6-7-18/h1-5,16-18H,6-15H2. The Morgan fingerprint density at radius 3 is 2.44 bits per heavy atom. The first-order valence-electron chi connectivity index (χ1n) is 10.5. The first kappa shape index (κ1) is 17.0. The lowest BCUT2D eigenvalue weighted by atomic mass is 9.90. The van der Waals surface area contributed by atoms with Gasteiger partial charge in [-0.1, -0.05) is 30.3 Å². The molecule has 27 heavy (non-hydrogen) atoms. The van der Waals surface area contributed by atoms with Gasteiger partial charge in [0, 0.05) is 26.1 Å². The molecule has 2 saturated carbocycles. The van der Waals surface area contributed by atoms with Crippen LogP contribution in [0.2, 0.25) is 0 Å². The highest BCUT2D eigenvalue weighted by molar-refractivity contribution is 5.91. The second-order valence-corrected chi connectivity index (χ2v) is 8.73. The molecule has 3 fully saturated rings. The van der Waals surface area contributed by atoms with Crippen molar-refractivity contribution >= 4 is 5.91 Å². The Bertz CT molecular complexity index is 799. The van der Waals surface area contributed by atoms with Crippen molar-refractivity contribution in [2.24, 2.45) is 11.8 Å². The quantitative estimate of drug-likeness (QED) is 0.791. The van der Waals surface area contributed by atoms with Gasteiger partial charge in [-0.3, -0.25) is 4.79 Å². The van der Waals surface area contributed by atoms with Gasteiger partial charge in [0.2, 0.25) is 5.91 Å². The van der Waals surface area contributed by atoms with Crippen LogP contribution in [0, 0.1) is 11.8 Å². The topological polar surface area (TPSA) is 51.0 Å². The zero-order valence-corrected chi connectivity index (χ0v) is 15.9. The third-order valence-corrected chi connectivity index (χ3v) is 6.71. The minimum Gasteiger partial charge on any atom is -0.342 e. The van der Waals surface area contributed by atoms with Crippen molar-refractivity contribution in [3.05, 3.63) is 48.0 Å². The minimum atomic E-state index is -0.224. The molecule has 2 aliphatic carbocycles. The smallest absolute Gasteiger partial charge is 0.233 e. The molecule has 5 nitrogen and oxygen atoms in total. The maximum atomic E-state index is 13.2. The van der Waals surface area contributed by atoms with Gasteiger partial charge in [0.15, 0.2) is 0 Å². The van der Waals surface area contributed by atoms with Crippen LogP contribution in [0.3, 0.4) is 0 Å². The molecule has 5 heteroatoms. The van der Waals surface area contributed by atoms with Gasteiger partial charge in [-0.15, -0.1) is 10.2 Å². The largest absolute Gasteiger partial charge is 0.342 e. The summed E-state index contributed by atoms with van der Waals surface area (Å²) in [6.45, 7) is 2.85. The summed E-state index contributed by atoms with van der Waals surface area (Å²) in [5.74, 6) is 2.94. The van der Waals surface area contributed by atoms with E-state index < -0.39 is 0 Å². The van der Waals surface area contributed by atoms with Crippen molar-refractivity contribution in [2.75, 3.05) is 13.1 Å². The number of hydrogen-bond donors (Lipinski definition) is 0. The summed E-state index contributed by atoms with van der Waals surface area (Å²) < 4.78 is 2.25. The summed E-state index contributed by atoms with van der Waals surface area (Å²) in [4.78, 5) is 15.3. The molecule has 0 atom stereocenters. The second kappa shape index (κ2) is 6.77. The van der Waals surface area contributed by atoms with E-state index in [1.165, 1.54) is 18.4 Å². The van der Waals surface area contributed by atoms with Gasteiger partial charge in [0.25, 0.3) is 0 Å². The van der Waals surface area contributed by atoms with Crippen LogP contribution in [0.5, 0.6) is 0 Å². The van der Waals surface area contributed by atoms with Gasteiger partial charge >= 0.3 is 0 Å². The van der Waals surface area contributed by atoms with Crippen molar-refractivity contribution in [3.63, 3.8) is 0 Å². The van der Waals surface area contributed by atoms with E-state index in [-0.39, 0.29) is 5.41 Å². The number of aromatic nitrogens is 3. The number of benzene rings is 1. The predicted molar refractivity (Wildman–Crippen MR) is 103 cm³/mol. The maximum Gasteiger partial charge on any atom is 0.233 e. The Morgan fingerprint density at radius 2 is 1.78 bits per heavy atom. The number of amides is 1. The maximum absolute atomic E-state index is 13.2. The molecule has 1 aliphatic heterocycles. The molecule has 0 unspecified atom stereocenters. The Morgan fingerprint density at radius 1 is 1.04 bits per heavy atom. The summed E-state index contributed by atoms with van der Waals surface area (Å²) in [5.41, 5.74) is 0.976. The lowest BCUT2D eigenvalue weighted by molar-refractivity contribution is -0.135. The summed E-state index contributed by atoms with van der Waals surface area (Å²) in [6.07, 6.45) is 9.74. The van der Waals surface area contributed by atoms with Crippen molar-refractivity contribution in [1.82, 2.24) is 19.7 Å². The molecule has 3 aliphatic rings. The first-order chi connectivity index (χ1) is 13.2. The molecule has 2 aromatic rings. The fraction of sp³-hybridized carbons (Fsp3) is 0.591. The number of hydrogen-bond acceptors (Lipinski definition) is 3. The number of rotatable bonds is 6. The van der Waals surface area contributed by atoms with Crippen molar-refractivity contribution < 1.29 is 4.79 Å². The Kier molecular flexibility index (Phi) is 4.25. The normalized spacial score (nSPS) is 22.0. The SMILES string of the molecule is O=C(N1CCC(Cc2nncn2CC2CC2)CC1)C1(c2ccccc2)CC1. The van der Waals surface area contributed by atoms with Gasteiger partial charge in [-0.2, -0.15) is 0 Å². The Balaban J connectivity index is 1.18. The molecule has 142 valence electrons. The second-order valence-electron chi connectivity index (χ2n) is 8.73. The molecular formula is C22H28N4O. The average molecular weight is 364 g/mol. The molecule has 1 amide bonds. The Hall–Kier alpha value is -2.17. The van der Waals surface area contributed by atoms with Gasteiger partial charge < -0.3 is 9.47 Å². The number of carbonyl (C=O) groups is 1. The zero-order valence-electron chi connectivity index (χ0n) is 15.9. The first-order valence-corrected chi connectivity index (χ1v) is 10.5. The highest BCUT2D eigenvalue weighted by atomic mass is 16.2. The summed E-state index contributed by atoms with van der Waals surface area (Å²) in [6, 6.07) is 10.4. The molecule has 1 aromatic carbocycles. The molecule has 5 rings (SSSR count). The van der Waals surface area contributed by atoms with Gasteiger partial charge in [0.05, 0.1) is 5.41 Å². The molecule has 1 saturated heterocycles. The van der Waals surface area contributed by atoms with E-state index in [9.17, 15) is 4.79 Å². The third-order valence-electron chi connectivity index (χ3n) is 6.71.